The van der Waals surface area contributed by atoms with E-state index in [9.17, 15) is 13.8 Å². The number of anilines is 1. The van der Waals surface area contributed by atoms with E-state index in [0.29, 0.717) is 42.9 Å². The fourth-order valence-corrected chi connectivity index (χ4v) is 11.9. The van der Waals surface area contributed by atoms with E-state index < -0.39 is 27.1 Å². The molecule has 16 heteroatoms. The summed E-state index contributed by atoms with van der Waals surface area (Å²) in [4.78, 5) is 39.2. The molecule has 5 aliphatic rings. The molecular weight excluding hydrogens is 830 g/mol. The molecule has 1 unspecified atom stereocenters. The Bertz CT molecular complexity index is 2310. The number of aryl methyl sites for hydroxylation is 2. The highest BCUT2D eigenvalue weighted by Gasteiger charge is 2.49. The first-order valence-electron chi connectivity index (χ1n) is 22.0. The number of aromatic nitrogens is 2. The van der Waals surface area contributed by atoms with Crippen molar-refractivity contribution in [3.63, 3.8) is 0 Å². The van der Waals surface area contributed by atoms with Crippen LogP contribution in [0.1, 0.15) is 70.9 Å². The predicted molar refractivity (Wildman–Crippen MR) is 241 cm³/mol. The van der Waals surface area contributed by atoms with Gasteiger partial charge in [0, 0.05) is 88.5 Å². The Morgan fingerprint density at radius 3 is 2.76 bits per heavy atom. The maximum absolute atomic E-state index is 14.9. The summed E-state index contributed by atoms with van der Waals surface area (Å²) in [6.45, 7) is 9.82. The van der Waals surface area contributed by atoms with Crippen molar-refractivity contribution in [2.75, 3.05) is 84.0 Å². The molecule has 2 amide bonds. The molecular formula is C46H60ClN7O7S. The van der Waals surface area contributed by atoms with Crippen molar-refractivity contribution >= 4 is 44.4 Å². The minimum atomic E-state index is -3.52. The molecule has 62 heavy (non-hydrogen) atoms. The van der Waals surface area contributed by atoms with Crippen molar-refractivity contribution in [3.8, 4) is 11.6 Å². The van der Waals surface area contributed by atoms with Gasteiger partial charge in [-0.2, -0.15) is 4.36 Å². The lowest BCUT2D eigenvalue weighted by Crippen LogP contribution is -2.62. The number of benzene rings is 2. The molecule has 0 radical (unpaired) electrons. The van der Waals surface area contributed by atoms with Gasteiger partial charge in [-0.3, -0.25) is 24.1 Å². The summed E-state index contributed by atoms with van der Waals surface area (Å²) < 4.78 is 45.2. The Morgan fingerprint density at radius 2 is 1.95 bits per heavy atom. The van der Waals surface area contributed by atoms with Crippen LogP contribution in [-0.2, 0) is 39.2 Å². The van der Waals surface area contributed by atoms with E-state index in [2.05, 4.69) is 53.4 Å². The molecule has 0 spiro atoms. The summed E-state index contributed by atoms with van der Waals surface area (Å²) in [5.74, 6) is -0.308. The first-order valence-corrected chi connectivity index (χ1v) is 24.1. The van der Waals surface area contributed by atoms with Gasteiger partial charge in [0.25, 0.3) is 11.8 Å². The summed E-state index contributed by atoms with van der Waals surface area (Å²) in [5, 5.41) is 4.87. The van der Waals surface area contributed by atoms with Crippen molar-refractivity contribution in [1.82, 2.24) is 19.6 Å². The summed E-state index contributed by atoms with van der Waals surface area (Å²) in [7, 11) is 1.40. The SMILES string of the molecule is COc1nn(C)cc1C(=O)/N=C/S1(=O)=NC(=O)c2ccc3c(c2)N(Cc2ccc(Cl)cc2CCCCO3)C[C@@H]2CC[C@H]2[C@@](CN2CCN3CCOC[C@@H]3C2)(OC)/C=C/C[C@H](C)C1. The number of aliphatic imine (C=N–C) groups is 1. The molecule has 6 atom stereocenters. The third kappa shape index (κ3) is 9.98. The fourth-order valence-electron chi connectivity index (χ4n) is 9.89. The number of ether oxygens (including phenoxy) is 4. The van der Waals surface area contributed by atoms with Crippen LogP contribution in [0, 0.1) is 17.8 Å². The molecule has 14 nitrogen and oxygen atoms in total. The van der Waals surface area contributed by atoms with Gasteiger partial charge in [0.05, 0.1) is 42.3 Å². The van der Waals surface area contributed by atoms with Gasteiger partial charge in [-0.15, -0.1) is 5.10 Å². The van der Waals surface area contributed by atoms with E-state index in [0.717, 1.165) is 89.3 Å². The normalized spacial score (nSPS) is 29.5. The second-order valence-corrected chi connectivity index (χ2v) is 20.2. The Balaban J connectivity index is 1.22. The van der Waals surface area contributed by atoms with E-state index in [1.54, 1.807) is 13.1 Å². The third-order valence-corrected chi connectivity index (χ3v) is 15.5. The van der Waals surface area contributed by atoms with E-state index in [-0.39, 0.29) is 40.5 Å². The number of allylic oxidation sites excluding steroid dienone is 1. The van der Waals surface area contributed by atoms with Crippen molar-refractivity contribution in [2.45, 2.75) is 63.6 Å². The number of hydrogen-bond donors (Lipinski definition) is 0. The number of hydrogen-bond acceptors (Lipinski definition) is 11. The minimum absolute atomic E-state index is 0.000763. The van der Waals surface area contributed by atoms with Crippen molar-refractivity contribution in [3.05, 3.63) is 82.0 Å². The number of amides is 2. The molecule has 3 fully saturated rings. The third-order valence-electron chi connectivity index (χ3n) is 13.3. The molecule has 1 aliphatic carbocycles. The number of rotatable bonds is 6. The van der Waals surface area contributed by atoms with Gasteiger partial charge in [-0.05, 0) is 97.7 Å². The molecule has 2 saturated heterocycles. The standard InChI is InChI=1S/C46H60ClN7O7S/c1-32-8-7-16-46(59-4,30-52-17-18-53-19-21-60-28-38(53)26-52)40-14-11-36(40)25-54-24-35-10-13-37(47)22-33(35)9-5-6-20-61-42-15-12-34(23-41(42)54)43(55)50-62(57,29-32)31-48-44(56)39-27-51(2)49-45(39)58-3/h7,10,12-13,15-16,22-23,27,31-32,36,38,40H,5-6,8-9,11,14,17-21,24-26,28-30H2,1-4H3/b16-7+,48-31+/t32-,36-,38-,40+,46+,62?/m0/s1. The Labute approximate surface area is 370 Å². The van der Waals surface area contributed by atoms with E-state index in [1.165, 1.54) is 29.1 Å². The second kappa shape index (κ2) is 19.3. The van der Waals surface area contributed by atoms with Gasteiger partial charge >= 0.3 is 0 Å². The minimum Gasteiger partial charge on any atom is -0.491 e. The van der Waals surface area contributed by atoms with E-state index in [4.69, 9.17) is 30.5 Å². The predicted octanol–water partition coefficient (Wildman–Crippen LogP) is 6.30. The Morgan fingerprint density at radius 1 is 1.08 bits per heavy atom. The van der Waals surface area contributed by atoms with Crippen LogP contribution in [-0.4, -0.2) is 132 Å². The maximum Gasteiger partial charge on any atom is 0.285 e. The number of carbonyl (C=O) groups is 2. The average molecular weight is 891 g/mol. The van der Waals surface area contributed by atoms with Gasteiger partial charge in [0.2, 0.25) is 5.88 Å². The number of methoxy groups -OCH3 is 2. The Kier molecular flexibility index (Phi) is 13.9. The summed E-state index contributed by atoms with van der Waals surface area (Å²) in [6, 6.07) is 11.8. The van der Waals surface area contributed by atoms with Crippen LogP contribution in [0.3, 0.4) is 0 Å². The highest BCUT2D eigenvalue weighted by Crippen LogP contribution is 2.47. The van der Waals surface area contributed by atoms with Crippen LogP contribution in [0.25, 0.3) is 0 Å². The monoisotopic (exact) mass is 889 g/mol. The zero-order valence-electron chi connectivity index (χ0n) is 36.4. The molecule has 2 aromatic carbocycles. The van der Waals surface area contributed by atoms with Crippen LogP contribution < -0.4 is 14.4 Å². The van der Waals surface area contributed by atoms with E-state index >= 15 is 0 Å². The quantitative estimate of drug-likeness (QED) is 0.157. The molecule has 0 N–H and O–H groups in total. The lowest BCUT2D eigenvalue weighted by Gasteiger charge is -2.53. The number of piperazine rings is 1. The van der Waals surface area contributed by atoms with Gasteiger partial charge in [-0.25, -0.2) is 9.20 Å². The number of fused-ring (bicyclic) bond motifs is 4. The fraction of sp³-hybridized carbons (Fsp3) is 0.565. The highest BCUT2D eigenvalue weighted by atomic mass is 35.5. The molecule has 1 aromatic heterocycles. The summed E-state index contributed by atoms with van der Waals surface area (Å²) >= 11 is 6.58. The summed E-state index contributed by atoms with van der Waals surface area (Å²) in [5.41, 5.74) is 3.97. The topological polar surface area (TPSA) is 140 Å². The first-order chi connectivity index (χ1) is 29.9. The zero-order chi connectivity index (χ0) is 43.4. The van der Waals surface area contributed by atoms with E-state index in [1.807, 2.05) is 32.2 Å². The number of halogens is 1. The number of carbonyl (C=O) groups excluding carboxylic acids is 2. The molecule has 8 rings (SSSR count). The van der Waals surface area contributed by atoms with Crippen LogP contribution in [0.5, 0.6) is 11.6 Å². The molecule has 5 heterocycles. The largest absolute Gasteiger partial charge is 0.491 e. The highest BCUT2D eigenvalue weighted by molar-refractivity contribution is 8.06. The second-order valence-electron chi connectivity index (χ2n) is 17.6. The molecule has 2 bridgehead atoms. The lowest BCUT2D eigenvalue weighted by molar-refractivity contribution is -0.108. The van der Waals surface area contributed by atoms with Gasteiger partial charge < -0.3 is 23.8 Å². The molecule has 1 saturated carbocycles. The van der Waals surface area contributed by atoms with Crippen molar-refractivity contribution < 1.29 is 32.7 Å². The van der Waals surface area contributed by atoms with Gasteiger partial charge in [0.1, 0.15) is 22.5 Å². The van der Waals surface area contributed by atoms with Crippen molar-refractivity contribution in [1.29, 1.82) is 0 Å². The van der Waals surface area contributed by atoms with Crippen LogP contribution >= 0.6 is 11.6 Å². The van der Waals surface area contributed by atoms with Crippen LogP contribution in [0.15, 0.2) is 64.1 Å². The van der Waals surface area contributed by atoms with Crippen LogP contribution in [0.2, 0.25) is 5.02 Å². The average Bonchev–Trinajstić information content (AvgIpc) is 3.63. The molecule has 3 aromatic rings. The lowest BCUT2D eigenvalue weighted by atomic mass is 9.63. The molecule has 334 valence electrons. The van der Waals surface area contributed by atoms with Crippen LogP contribution in [0.4, 0.5) is 5.69 Å². The zero-order valence-corrected chi connectivity index (χ0v) is 38.0. The van der Waals surface area contributed by atoms with Crippen molar-refractivity contribution in [2.24, 2.45) is 34.2 Å². The van der Waals surface area contributed by atoms with Gasteiger partial charge in [-0.1, -0.05) is 36.7 Å². The molecule has 4 aliphatic heterocycles. The van der Waals surface area contributed by atoms with Gasteiger partial charge in [0.15, 0.2) is 0 Å². The number of morpholine rings is 1. The Hall–Kier alpha value is -4.12. The maximum atomic E-state index is 14.9. The summed E-state index contributed by atoms with van der Waals surface area (Å²) in [6.07, 6.45) is 11.1. The smallest absolute Gasteiger partial charge is 0.285 e. The number of nitrogens with zero attached hydrogens (tertiary/aromatic N) is 7. The first kappa shape index (κ1) is 44.5.